The van der Waals surface area contributed by atoms with Crippen molar-refractivity contribution in [1.82, 2.24) is 15.4 Å². The van der Waals surface area contributed by atoms with Crippen molar-refractivity contribution in [2.24, 2.45) is 0 Å². The molecule has 0 saturated heterocycles. The van der Waals surface area contributed by atoms with Gasteiger partial charge in [0.15, 0.2) is 5.69 Å². The minimum Gasteiger partial charge on any atom is -0.478 e. The van der Waals surface area contributed by atoms with E-state index in [1.807, 2.05) is 30.3 Å². The van der Waals surface area contributed by atoms with Crippen molar-refractivity contribution in [3.05, 3.63) is 82.7 Å². The number of H-pyrrole nitrogens is 1. The summed E-state index contributed by atoms with van der Waals surface area (Å²) in [6.07, 6.45) is 1.26. The number of nitrogens with one attached hydrogen (secondary N) is 1. The number of benzene rings is 2. The summed E-state index contributed by atoms with van der Waals surface area (Å²) in [4.78, 5) is 24.0. The van der Waals surface area contributed by atoms with Crippen LogP contribution in [0.5, 0.6) is 0 Å². The number of aromatic amines is 1. The van der Waals surface area contributed by atoms with Gasteiger partial charge in [0.2, 0.25) is 5.78 Å². The van der Waals surface area contributed by atoms with Crippen molar-refractivity contribution in [1.29, 1.82) is 0 Å². The molecule has 0 atom stereocenters. The van der Waals surface area contributed by atoms with Crippen molar-refractivity contribution in [2.45, 2.75) is 12.8 Å². The molecule has 0 aliphatic carbocycles. The van der Waals surface area contributed by atoms with Crippen LogP contribution in [0.15, 0.2) is 54.6 Å². The lowest BCUT2D eigenvalue weighted by Gasteiger charge is -2.04. The molecule has 2 N–H and O–H groups in total. The van der Waals surface area contributed by atoms with Gasteiger partial charge in [-0.25, -0.2) is 4.79 Å². The van der Waals surface area contributed by atoms with Crippen LogP contribution >= 0.6 is 0 Å². The van der Waals surface area contributed by atoms with Crippen molar-refractivity contribution in [2.75, 3.05) is 0 Å². The highest BCUT2D eigenvalue weighted by Crippen LogP contribution is 2.16. The zero-order valence-electron chi connectivity index (χ0n) is 12.8. The van der Waals surface area contributed by atoms with Crippen molar-refractivity contribution >= 4 is 11.8 Å². The number of carbonyl (C=O) groups is 2. The third-order valence-electron chi connectivity index (χ3n) is 3.73. The average molecular weight is 321 g/mol. The number of carbonyl (C=O) groups excluding carboxylic acids is 1. The SMILES string of the molecule is O=C(O)c1ccccc1C(=O)c1n[nH]nc1CCc1ccccc1. The molecule has 6 nitrogen and oxygen atoms in total. The molecule has 0 spiro atoms. The Morgan fingerprint density at radius 1 is 0.875 bits per heavy atom. The molecule has 2 aromatic carbocycles. The molecule has 0 saturated carbocycles. The first kappa shape index (κ1) is 15.6. The number of carboxylic acids is 1. The molecular formula is C18H15N3O3. The van der Waals surface area contributed by atoms with E-state index in [1.54, 1.807) is 12.1 Å². The summed E-state index contributed by atoms with van der Waals surface area (Å²) in [5, 5.41) is 19.7. The Bertz CT molecular complexity index is 872. The van der Waals surface area contributed by atoms with Crippen LogP contribution in [0.1, 0.15) is 37.7 Å². The fourth-order valence-corrected chi connectivity index (χ4v) is 2.51. The highest BCUT2D eigenvalue weighted by molar-refractivity contribution is 6.13. The summed E-state index contributed by atoms with van der Waals surface area (Å²) in [5.41, 5.74) is 1.90. The topological polar surface area (TPSA) is 95.9 Å². The molecule has 0 amide bonds. The number of hydrogen-bond donors (Lipinski definition) is 2. The highest BCUT2D eigenvalue weighted by Gasteiger charge is 2.22. The summed E-state index contributed by atoms with van der Waals surface area (Å²) in [7, 11) is 0. The Morgan fingerprint density at radius 3 is 2.25 bits per heavy atom. The molecule has 0 bridgehead atoms. The lowest BCUT2D eigenvalue weighted by molar-refractivity contribution is 0.0692. The Hall–Kier alpha value is -3.28. The highest BCUT2D eigenvalue weighted by atomic mass is 16.4. The molecule has 1 aromatic heterocycles. The minimum absolute atomic E-state index is 0.0421. The maximum absolute atomic E-state index is 12.7. The molecule has 3 rings (SSSR count). The van der Waals surface area contributed by atoms with E-state index >= 15 is 0 Å². The van der Waals surface area contributed by atoms with Gasteiger partial charge in [-0.15, -0.1) is 0 Å². The van der Waals surface area contributed by atoms with E-state index in [0.29, 0.717) is 18.5 Å². The van der Waals surface area contributed by atoms with E-state index in [-0.39, 0.29) is 16.8 Å². The third-order valence-corrected chi connectivity index (χ3v) is 3.73. The van der Waals surface area contributed by atoms with Crippen LogP contribution in [0.2, 0.25) is 0 Å². The summed E-state index contributed by atoms with van der Waals surface area (Å²) in [6, 6.07) is 15.9. The van der Waals surface area contributed by atoms with E-state index in [1.165, 1.54) is 12.1 Å². The second-order valence-electron chi connectivity index (χ2n) is 5.28. The zero-order valence-corrected chi connectivity index (χ0v) is 12.8. The van der Waals surface area contributed by atoms with Gasteiger partial charge in [-0.3, -0.25) is 4.79 Å². The first-order valence-electron chi connectivity index (χ1n) is 7.47. The normalized spacial score (nSPS) is 10.5. The van der Waals surface area contributed by atoms with E-state index in [2.05, 4.69) is 15.4 Å². The van der Waals surface area contributed by atoms with Crippen LogP contribution in [0.25, 0.3) is 0 Å². The van der Waals surface area contributed by atoms with E-state index in [9.17, 15) is 14.7 Å². The van der Waals surface area contributed by atoms with Crippen LogP contribution in [-0.2, 0) is 12.8 Å². The van der Waals surface area contributed by atoms with E-state index in [0.717, 1.165) is 5.56 Å². The molecular weight excluding hydrogens is 306 g/mol. The predicted molar refractivity (Wildman–Crippen MR) is 87.1 cm³/mol. The number of carboxylic acid groups (broad SMARTS) is 1. The van der Waals surface area contributed by atoms with Gasteiger partial charge in [-0.2, -0.15) is 15.4 Å². The second kappa shape index (κ2) is 6.87. The molecule has 1 heterocycles. The standard InChI is InChI=1S/C18H15N3O3/c22-17(13-8-4-5-9-14(13)18(23)24)16-15(19-21-20-16)11-10-12-6-2-1-3-7-12/h1-9H,10-11H2,(H,23,24)(H,19,20,21). The predicted octanol–water partition coefficient (Wildman–Crippen LogP) is 2.52. The first-order chi connectivity index (χ1) is 11.7. The summed E-state index contributed by atoms with van der Waals surface area (Å²) in [6.45, 7) is 0. The van der Waals surface area contributed by atoms with Crippen LogP contribution in [0.3, 0.4) is 0 Å². The Balaban J connectivity index is 1.85. The van der Waals surface area contributed by atoms with Crippen molar-refractivity contribution in [3.8, 4) is 0 Å². The molecule has 0 aliphatic heterocycles. The van der Waals surface area contributed by atoms with E-state index < -0.39 is 11.8 Å². The van der Waals surface area contributed by atoms with Gasteiger partial charge in [0.05, 0.1) is 11.3 Å². The number of aryl methyl sites for hydroxylation is 2. The van der Waals surface area contributed by atoms with Gasteiger partial charge in [-0.05, 0) is 24.5 Å². The minimum atomic E-state index is -1.15. The van der Waals surface area contributed by atoms with Crippen molar-refractivity contribution < 1.29 is 14.7 Å². The van der Waals surface area contributed by atoms with Gasteiger partial charge in [0.1, 0.15) is 0 Å². The molecule has 0 aliphatic rings. The quantitative estimate of drug-likeness (QED) is 0.680. The van der Waals surface area contributed by atoms with Crippen LogP contribution in [0.4, 0.5) is 0 Å². The van der Waals surface area contributed by atoms with Crippen LogP contribution in [0, 0.1) is 0 Å². The van der Waals surface area contributed by atoms with Gasteiger partial charge in [0, 0.05) is 5.56 Å². The molecule has 0 unspecified atom stereocenters. The Labute approximate surface area is 138 Å². The average Bonchev–Trinajstić information content (AvgIpc) is 3.08. The second-order valence-corrected chi connectivity index (χ2v) is 5.28. The lowest BCUT2D eigenvalue weighted by atomic mass is 9.99. The molecule has 0 radical (unpaired) electrons. The molecule has 6 heteroatoms. The van der Waals surface area contributed by atoms with Gasteiger partial charge in [0.25, 0.3) is 0 Å². The number of aromatic carboxylic acids is 1. The smallest absolute Gasteiger partial charge is 0.336 e. The van der Waals surface area contributed by atoms with E-state index in [4.69, 9.17) is 0 Å². The Morgan fingerprint density at radius 2 is 1.54 bits per heavy atom. The van der Waals surface area contributed by atoms with Gasteiger partial charge >= 0.3 is 5.97 Å². The first-order valence-corrected chi connectivity index (χ1v) is 7.47. The fraction of sp³-hybridized carbons (Fsp3) is 0.111. The molecule has 3 aromatic rings. The lowest BCUT2D eigenvalue weighted by Crippen LogP contribution is -2.12. The monoisotopic (exact) mass is 321 g/mol. The Kier molecular flexibility index (Phi) is 4.47. The largest absolute Gasteiger partial charge is 0.478 e. The molecule has 0 fully saturated rings. The summed E-state index contributed by atoms with van der Waals surface area (Å²) < 4.78 is 0. The number of aromatic nitrogens is 3. The third kappa shape index (κ3) is 3.22. The van der Waals surface area contributed by atoms with Crippen molar-refractivity contribution in [3.63, 3.8) is 0 Å². The van der Waals surface area contributed by atoms with Crippen LogP contribution in [-0.4, -0.2) is 32.3 Å². The summed E-state index contributed by atoms with van der Waals surface area (Å²) >= 11 is 0. The number of hydrogen-bond acceptors (Lipinski definition) is 4. The fourth-order valence-electron chi connectivity index (χ4n) is 2.51. The number of rotatable bonds is 6. The van der Waals surface area contributed by atoms with Gasteiger partial charge in [-0.1, -0.05) is 48.5 Å². The number of ketones is 1. The van der Waals surface area contributed by atoms with Crippen LogP contribution < -0.4 is 0 Å². The zero-order chi connectivity index (χ0) is 16.9. The molecule has 120 valence electrons. The number of nitrogens with zero attached hydrogens (tertiary/aromatic N) is 2. The van der Waals surface area contributed by atoms with Gasteiger partial charge < -0.3 is 5.11 Å². The summed E-state index contributed by atoms with van der Waals surface area (Å²) in [5.74, 6) is -1.59. The maximum atomic E-state index is 12.7. The molecule has 24 heavy (non-hydrogen) atoms. The maximum Gasteiger partial charge on any atom is 0.336 e.